The molecule has 194 valence electrons. The molecule has 13 nitrogen and oxygen atoms in total. The normalized spacial score (nSPS) is 24.0. The summed E-state index contributed by atoms with van der Waals surface area (Å²) in [6, 6.07) is 4.69. The quantitative estimate of drug-likeness (QED) is 0.215. The Bertz CT molecular complexity index is 1330. The first kappa shape index (κ1) is 25.3. The maximum absolute atomic E-state index is 13.0. The second-order valence-corrected chi connectivity index (χ2v) is 7.94. The van der Waals surface area contributed by atoms with Crippen molar-refractivity contribution in [3.8, 4) is 45.8 Å². The Labute approximate surface area is 202 Å². The van der Waals surface area contributed by atoms with Gasteiger partial charge in [-0.05, 0) is 18.2 Å². The number of fused-ring (bicyclic) bond motifs is 1. The SMILES string of the molecule is COc1c(OC)c(O)c2c(=O)cc(-c3ccc(O)c(O)c3)oc2c1O[C@@H]1OC(CO)[C@@H](O)[C@H](O)C1O. The zero-order valence-electron chi connectivity index (χ0n) is 19.0. The lowest BCUT2D eigenvalue weighted by Gasteiger charge is -2.39. The third kappa shape index (κ3) is 4.12. The van der Waals surface area contributed by atoms with Gasteiger partial charge in [0.1, 0.15) is 35.6 Å². The van der Waals surface area contributed by atoms with Crippen LogP contribution >= 0.6 is 0 Å². The minimum atomic E-state index is -1.81. The molecule has 0 amide bonds. The van der Waals surface area contributed by atoms with Crippen LogP contribution in [0, 0.1) is 0 Å². The van der Waals surface area contributed by atoms with Gasteiger partial charge in [-0.1, -0.05) is 0 Å². The van der Waals surface area contributed by atoms with E-state index >= 15 is 0 Å². The van der Waals surface area contributed by atoms with E-state index in [0.717, 1.165) is 12.1 Å². The van der Waals surface area contributed by atoms with Crippen LogP contribution in [0.25, 0.3) is 22.3 Å². The Morgan fingerprint density at radius 3 is 2.19 bits per heavy atom. The smallest absolute Gasteiger partial charge is 0.229 e. The van der Waals surface area contributed by atoms with E-state index in [1.165, 1.54) is 26.4 Å². The molecule has 2 unspecified atom stereocenters. The van der Waals surface area contributed by atoms with Gasteiger partial charge in [0.05, 0.1) is 20.8 Å². The van der Waals surface area contributed by atoms with E-state index in [1.54, 1.807) is 0 Å². The number of phenolic OH excluding ortho intramolecular Hbond substituents is 3. The maximum atomic E-state index is 13.0. The number of aliphatic hydroxyl groups excluding tert-OH is 4. The molecule has 0 saturated carbocycles. The first-order chi connectivity index (χ1) is 17.1. The fourth-order valence-electron chi connectivity index (χ4n) is 3.89. The molecule has 2 aromatic carbocycles. The number of aliphatic hydroxyl groups is 4. The predicted octanol–water partition coefficient (Wildman–Crippen LogP) is -0.227. The molecule has 5 atom stereocenters. The number of methoxy groups -OCH3 is 2. The van der Waals surface area contributed by atoms with Crippen molar-refractivity contribution in [3.05, 3.63) is 34.5 Å². The molecule has 0 spiro atoms. The first-order valence-electron chi connectivity index (χ1n) is 10.6. The van der Waals surface area contributed by atoms with Crippen molar-refractivity contribution < 1.29 is 59.1 Å². The van der Waals surface area contributed by atoms with Gasteiger partial charge in [-0.15, -0.1) is 0 Å². The average molecular weight is 508 g/mol. The highest BCUT2D eigenvalue weighted by Gasteiger charge is 2.45. The van der Waals surface area contributed by atoms with Gasteiger partial charge in [-0.25, -0.2) is 0 Å². The first-order valence-corrected chi connectivity index (χ1v) is 10.6. The Kier molecular flexibility index (Phi) is 6.84. The highest BCUT2D eigenvalue weighted by molar-refractivity contribution is 5.95. The summed E-state index contributed by atoms with van der Waals surface area (Å²) >= 11 is 0. The number of aromatic hydroxyl groups is 3. The minimum Gasteiger partial charge on any atom is -0.504 e. The van der Waals surface area contributed by atoms with Crippen molar-refractivity contribution in [1.29, 1.82) is 0 Å². The lowest BCUT2D eigenvalue weighted by molar-refractivity contribution is -0.277. The Hall–Kier alpha value is -3.75. The van der Waals surface area contributed by atoms with Crippen LogP contribution in [0.15, 0.2) is 33.5 Å². The summed E-state index contributed by atoms with van der Waals surface area (Å²) in [5, 5.41) is 69.9. The molecule has 2 heterocycles. The van der Waals surface area contributed by atoms with Crippen LogP contribution in [-0.4, -0.2) is 87.3 Å². The van der Waals surface area contributed by atoms with E-state index in [9.17, 15) is 40.5 Å². The van der Waals surface area contributed by atoms with Gasteiger partial charge in [0, 0.05) is 11.6 Å². The van der Waals surface area contributed by atoms with Gasteiger partial charge in [-0.2, -0.15) is 0 Å². The van der Waals surface area contributed by atoms with E-state index in [2.05, 4.69) is 0 Å². The summed E-state index contributed by atoms with van der Waals surface area (Å²) in [4.78, 5) is 13.0. The molecule has 13 heteroatoms. The van der Waals surface area contributed by atoms with Crippen molar-refractivity contribution >= 4 is 11.0 Å². The van der Waals surface area contributed by atoms with Crippen LogP contribution in [0.1, 0.15) is 0 Å². The lowest BCUT2D eigenvalue weighted by Crippen LogP contribution is -2.60. The summed E-state index contributed by atoms with van der Waals surface area (Å²) in [7, 11) is 2.39. The molecule has 0 bridgehead atoms. The monoisotopic (exact) mass is 508 g/mol. The molecule has 1 saturated heterocycles. The molecule has 1 aromatic heterocycles. The maximum Gasteiger partial charge on any atom is 0.229 e. The lowest BCUT2D eigenvalue weighted by atomic mass is 9.99. The molecule has 3 aromatic rings. The second-order valence-electron chi connectivity index (χ2n) is 7.94. The third-order valence-corrected chi connectivity index (χ3v) is 5.77. The molecular weight excluding hydrogens is 484 g/mol. The summed E-state index contributed by atoms with van der Waals surface area (Å²) in [5.74, 6) is -2.60. The fourth-order valence-corrected chi connectivity index (χ4v) is 3.89. The Morgan fingerprint density at radius 2 is 1.58 bits per heavy atom. The zero-order valence-corrected chi connectivity index (χ0v) is 19.0. The standard InChI is InChI=1S/C23H24O13/c1-32-20-16(29)14-11(27)6-12(8-3-4-9(25)10(26)5-8)34-19(14)22(21(20)33-2)36-23-18(31)17(30)15(28)13(7-24)35-23/h3-6,13,15,17-18,23-26,28-31H,7H2,1-2H3/t13?,15-,17+,18?,23+/m1/s1. The van der Waals surface area contributed by atoms with Crippen molar-refractivity contribution in [2.45, 2.75) is 30.7 Å². The summed E-state index contributed by atoms with van der Waals surface area (Å²) in [5.41, 5.74) is -0.953. The van der Waals surface area contributed by atoms with Crippen molar-refractivity contribution in [2.75, 3.05) is 20.8 Å². The van der Waals surface area contributed by atoms with Crippen LogP contribution in [0.5, 0.6) is 34.5 Å². The predicted molar refractivity (Wildman–Crippen MR) is 120 cm³/mol. The Balaban J connectivity index is 1.95. The molecular formula is C23H24O13. The van der Waals surface area contributed by atoms with Crippen LogP contribution in [0.4, 0.5) is 0 Å². The second kappa shape index (κ2) is 9.72. The van der Waals surface area contributed by atoms with E-state index in [1.807, 2.05) is 0 Å². The Morgan fingerprint density at radius 1 is 0.889 bits per heavy atom. The summed E-state index contributed by atoms with van der Waals surface area (Å²) in [6.45, 7) is -0.717. The van der Waals surface area contributed by atoms with Gasteiger partial charge in [0.25, 0.3) is 0 Å². The number of hydrogen-bond donors (Lipinski definition) is 7. The van der Waals surface area contributed by atoms with Crippen LogP contribution in [-0.2, 0) is 4.74 Å². The molecule has 4 rings (SSSR count). The summed E-state index contributed by atoms with van der Waals surface area (Å²) < 4.78 is 27.5. The van der Waals surface area contributed by atoms with Crippen LogP contribution in [0.3, 0.4) is 0 Å². The topological polar surface area (TPSA) is 209 Å². The number of rotatable bonds is 6. The van der Waals surface area contributed by atoms with E-state index < -0.39 is 60.0 Å². The van der Waals surface area contributed by atoms with Gasteiger partial charge < -0.3 is 59.1 Å². The molecule has 36 heavy (non-hydrogen) atoms. The molecule has 1 aliphatic heterocycles. The van der Waals surface area contributed by atoms with E-state index in [-0.39, 0.29) is 39.5 Å². The number of phenols is 3. The number of ether oxygens (including phenoxy) is 4. The van der Waals surface area contributed by atoms with E-state index in [0.29, 0.717) is 0 Å². The molecule has 0 radical (unpaired) electrons. The third-order valence-electron chi connectivity index (χ3n) is 5.77. The van der Waals surface area contributed by atoms with Crippen molar-refractivity contribution in [3.63, 3.8) is 0 Å². The molecule has 7 N–H and O–H groups in total. The number of hydrogen-bond acceptors (Lipinski definition) is 13. The summed E-state index contributed by atoms with van der Waals surface area (Å²) in [6.07, 6.45) is -8.22. The van der Waals surface area contributed by atoms with Crippen molar-refractivity contribution in [2.24, 2.45) is 0 Å². The van der Waals surface area contributed by atoms with Gasteiger partial charge in [-0.3, -0.25) is 4.79 Å². The van der Waals surface area contributed by atoms with Gasteiger partial charge in [0.15, 0.2) is 28.3 Å². The fraction of sp³-hybridized carbons (Fsp3) is 0.348. The van der Waals surface area contributed by atoms with Crippen LogP contribution < -0.4 is 19.6 Å². The molecule has 0 aliphatic carbocycles. The highest BCUT2D eigenvalue weighted by Crippen LogP contribution is 2.51. The molecule has 1 fully saturated rings. The largest absolute Gasteiger partial charge is 0.504 e. The van der Waals surface area contributed by atoms with Gasteiger partial charge >= 0.3 is 0 Å². The molecule has 1 aliphatic rings. The number of benzene rings is 2. The van der Waals surface area contributed by atoms with Crippen molar-refractivity contribution in [1.82, 2.24) is 0 Å². The highest BCUT2D eigenvalue weighted by atomic mass is 16.7. The average Bonchev–Trinajstić information content (AvgIpc) is 2.86. The van der Waals surface area contributed by atoms with E-state index in [4.69, 9.17) is 23.4 Å². The zero-order chi connectivity index (χ0) is 26.3. The van der Waals surface area contributed by atoms with Gasteiger partial charge in [0.2, 0.25) is 23.5 Å². The van der Waals surface area contributed by atoms with Crippen LogP contribution in [0.2, 0.25) is 0 Å². The minimum absolute atomic E-state index is 0.104.